The van der Waals surface area contributed by atoms with Crippen molar-refractivity contribution < 1.29 is 9.90 Å². The van der Waals surface area contributed by atoms with Crippen molar-refractivity contribution in [3.05, 3.63) is 0 Å². The van der Waals surface area contributed by atoms with Crippen LogP contribution in [-0.4, -0.2) is 29.2 Å². The molecule has 0 rings (SSSR count). The van der Waals surface area contributed by atoms with Crippen LogP contribution < -0.4 is 5.84 Å². The molecule has 56 valence electrons. The molecule has 0 aliphatic rings. The topological polar surface area (TPSA) is 90.4 Å². The van der Waals surface area contributed by atoms with E-state index in [2.05, 4.69) is 0 Å². The second-order valence-corrected chi connectivity index (χ2v) is 1.65. The van der Waals surface area contributed by atoms with Crippen LogP contribution in [0.25, 0.3) is 0 Å². The van der Waals surface area contributed by atoms with Crippen LogP contribution in [0.4, 0.5) is 0 Å². The standard InChI is InChI=1S/C5H9N3O2/c6-2-1-5(10)8(7)3-4-9/h9H,1,3-4,7H2. The van der Waals surface area contributed by atoms with Crippen LogP contribution in [0.1, 0.15) is 6.42 Å². The maximum Gasteiger partial charge on any atom is 0.250 e. The van der Waals surface area contributed by atoms with Gasteiger partial charge >= 0.3 is 0 Å². The summed E-state index contributed by atoms with van der Waals surface area (Å²) >= 11 is 0. The fourth-order valence-corrected chi connectivity index (χ4v) is 0.402. The highest BCUT2D eigenvalue weighted by atomic mass is 16.3. The van der Waals surface area contributed by atoms with E-state index in [0.717, 1.165) is 5.01 Å². The lowest BCUT2D eigenvalue weighted by Gasteiger charge is -2.11. The summed E-state index contributed by atoms with van der Waals surface area (Å²) < 4.78 is 0. The van der Waals surface area contributed by atoms with Gasteiger partial charge in [-0.05, 0) is 0 Å². The zero-order chi connectivity index (χ0) is 7.98. The molecule has 0 aromatic heterocycles. The van der Waals surface area contributed by atoms with Gasteiger partial charge in [-0.2, -0.15) is 5.26 Å². The van der Waals surface area contributed by atoms with Gasteiger partial charge in [0, 0.05) is 0 Å². The van der Waals surface area contributed by atoms with Crippen molar-refractivity contribution in [3.63, 3.8) is 0 Å². The number of carbonyl (C=O) groups is 1. The van der Waals surface area contributed by atoms with Crippen molar-refractivity contribution in [1.29, 1.82) is 5.26 Å². The van der Waals surface area contributed by atoms with E-state index in [-0.39, 0.29) is 19.6 Å². The predicted octanol–water partition coefficient (Wildman–Crippen LogP) is -1.41. The minimum absolute atomic E-state index is 0.0700. The monoisotopic (exact) mass is 143 g/mol. The maximum absolute atomic E-state index is 10.6. The lowest BCUT2D eigenvalue weighted by molar-refractivity contribution is -0.130. The van der Waals surface area contributed by atoms with E-state index < -0.39 is 5.91 Å². The maximum atomic E-state index is 10.6. The third kappa shape index (κ3) is 3.02. The Balaban J connectivity index is 3.62. The number of nitrogens with two attached hydrogens (primary N) is 1. The highest BCUT2D eigenvalue weighted by Gasteiger charge is 2.06. The van der Waals surface area contributed by atoms with E-state index in [1.54, 1.807) is 6.07 Å². The second-order valence-electron chi connectivity index (χ2n) is 1.65. The fourth-order valence-electron chi connectivity index (χ4n) is 0.402. The highest BCUT2D eigenvalue weighted by molar-refractivity contribution is 5.77. The SMILES string of the molecule is N#CCC(=O)N(N)CCO. The molecular weight excluding hydrogens is 134 g/mol. The number of hydrazine groups is 1. The molecule has 10 heavy (non-hydrogen) atoms. The van der Waals surface area contributed by atoms with E-state index in [0.29, 0.717) is 0 Å². The zero-order valence-corrected chi connectivity index (χ0v) is 5.45. The molecule has 0 saturated heterocycles. The molecule has 5 nitrogen and oxygen atoms in total. The van der Waals surface area contributed by atoms with Gasteiger partial charge in [-0.1, -0.05) is 0 Å². The first-order valence-corrected chi connectivity index (χ1v) is 2.75. The number of nitriles is 1. The molecule has 0 unspecified atom stereocenters. The van der Waals surface area contributed by atoms with Crippen molar-refractivity contribution in [2.24, 2.45) is 5.84 Å². The molecular formula is C5H9N3O2. The van der Waals surface area contributed by atoms with Crippen LogP contribution in [0.3, 0.4) is 0 Å². The molecule has 0 aliphatic heterocycles. The van der Waals surface area contributed by atoms with Crippen molar-refractivity contribution >= 4 is 5.91 Å². The summed E-state index contributed by atoms with van der Waals surface area (Å²) in [4.78, 5) is 10.6. The number of carbonyl (C=O) groups excluding carboxylic acids is 1. The quantitative estimate of drug-likeness (QED) is 0.288. The molecule has 1 amide bonds. The Labute approximate surface area is 58.6 Å². The molecule has 0 spiro atoms. The van der Waals surface area contributed by atoms with Crippen LogP contribution in [0.2, 0.25) is 0 Å². The Hall–Kier alpha value is -1.12. The average Bonchev–Trinajstić information content (AvgIpc) is 1.89. The van der Waals surface area contributed by atoms with Gasteiger partial charge in [0.2, 0.25) is 0 Å². The van der Waals surface area contributed by atoms with Gasteiger partial charge in [0.1, 0.15) is 6.42 Å². The number of aliphatic hydroxyl groups is 1. The predicted molar refractivity (Wildman–Crippen MR) is 33.2 cm³/mol. The third-order valence-electron chi connectivity index (χ3n) is 0.892. The van der Waals surface area contributed by atoms with E-state index in [1.165, 1.54) is 0 Å². The summed E-state index contributed by atoms with van der Waals surface area (Å²) in [6.45, 7) is -0.117. The number of hydrogen-bond donors (Lipinski definition) is 2. The number of amides is 1. The Morgan fingerprint density at radius 2 is 2.40 bits per heavy atom. The average molecular weight is 143 g/mol. The molecule has 0 bridgehead atoms. The summed E-state index contributed by atoms with van der Waals surface area (Å²) in [5, 5.41) is 17.2. The first kappa shape index (κ1) is 8.88. The van der Waals surface area contributed by atoms with Crippen molar-refractivity contribution in [2.75, 3.05) is 13.2 Å². The lowest BCUT2D eigenvalue weighted by Crippen LogP contribution is -2.39. The molecule has 0 radical (unpaired) electrons. The summed E-state index contributed by atoms with van der Waals surface area (Å²) in [5.41, 5.74) is 0. The van der Waals surface area contributed by atoms with Gasteiger partial charge in [-0.3, -0.25) is 9.80 Å². The van der Waals surface area contributed by atoms with Gasteiger partial charge in [-0.15, -0.1) is 0 Å². The minimum atomic E-state index is -0.475. The van der Waals surface area contributed by atoms with E-state index in [9.17, 15) is 4.79 Å². The van der Waals surface area contributed by atoms with Gasteiger partial charge in [-0.25, -0.2) is 5.84 Å². The highest BCUT2D eigenvalue weighted by Crippen LogP contribution is 1.83. The Kier molecular flexibility index (Phi) is 4.20. The second kappa shape index (κ2) is 4.73. The molecule has 0 saturated carbocycles. The normalized spacial score (nSPS) is 8.50. The first-order chi connectivity index (χ1) is 4.72. The summed E-state index contributed by atoms with van der Waals surface area (Å²) in [5.74, 6) is 4.61. The molecule has 0 aromatic rings. The zero-order valence-electron chi connectivity index (χ0n) is 5.45. The number of nitrogens with zero attached hydrogens (tertiary/aromatic N) is 2. The van der Waals surface area contributed by atoms with Crippen molar-refractivity contribution in [1.82, 2.24) is 5.01 Å². The van der Waals surface area contributed by atoms with Gasteiger partial charge in [0.15, 0.2) is 0 Å². The van der Waals surface area contributed by atoms with Gasteiger partial charge < -0.3 is 5.11 Å². The van der Waals surface area contributed by atoms with Crippen LogP contribution in [0.15, 0.2) is 0 Å². The molecule has 0 atom stereocenters. The Morgan fingerprint density at radius 3 is 2.80 bits per heavy atom. The molecule has 0 heterocycles. The van der Waals surface area contributed by atoms with Crippen molar-refractivity contribution in [3.8, 4) is 6.07 Å². The van der Waals surface area contributed by atoms with E-state index >= 15 is 0 Å². The number of rotatable bonds is 3. The molecule has 0 fully saturated rings. The minimum Gasteiger partial charge on any atom is -0.394 e. The van der Waals surface area contributed by atoms with Gasteiger partial charge in [0.25, 0.3) is 5.91 Å². The summed E-state index contributed by atoms with van der Waals surface area (Å²) in [6, 6.07) is 1.65. The van der Waals surface area contributed by atoms with E-state index in [4.69, 9.17) is 16.2 Å². The smallest absolute Gasteiger partial charge is 0.250 e. The van der Waals surface area contributed by atoms with Gasteiger partial charge in [0.05, 0.1) is 19.2 Å². The molecule has 0 aliphatic carbocycles. The molecule has 3 N–H and O–H groups in total. The van der Waals surface area contributed by atoms with E-state index in [1.807, 2.05) is 0 Å². The summed E-state index contributed by atoms with van der Waals surface area (Å²) in [7, 11) is 0. The number of aliphatic hydroxyl groups excluding tert-OH is 1. The summed E-state index contributed by atoms with van der Waals surface area (Å²) in [6.07, 6.45) is -0.240. The molecule has 5 heteroatoms. The first-order valence-electron chi connectivity index (χ1n) is 2.75. The van der Waals surface area contributed by atoms with Crippen LogP contribution in [0.5, 0.6) is 0 Å². The Bertz CT molecular complexity index is 151. The van der Waals surface area contributed by atoms with Crippen LogP contribution in [0, 0.1) is 11.3 Å². The Morgan fingerprint density at radius 1 is 1.80 bits per heavy atom. The lowest BCUT2D eigenvalue weighted by atomic mass is 10.4. The van der Waals surface area contributed by atoms with Crippen LogP contribution in [-0.2, 0) is 4.79 Å². The fraction of sp³-hybridized carbons (Fsp3) is 0.600. The number of hydrogen-bond acceptors (Lipinski definition) is 4. The third-order valence-corrected chi connectivity index (χ3v) is 0.892. The van der Waals surface area contributed by atoms with Crippen LogP contribution >= 0.6 is 0 Å². The largest absolute Gasteiger partial charge is 0.394 e. The van der Waals surface area contributed by atoms with Crippen molar-refractivity contribution in [2.45, 2.75) is 6.42 Å². The molecule has 0 aromatic carbocycles.